The van der Waals surface area contributed by atoms with E-state index in [-0.39, 0.29) is 17.5 Å². The average molecular weight is 272 g/mol. The molecule has 18 heavy (non-hydrogen) atoms. The van der Waals surface area contributed by atoms with E-state index in [2.05, 4.69) is 14.9 Å². The Bertz CT molecular complexity index is 519. The zero-order valence-corrected chi connectivity index (χ0v) is 11.5. The van der Waals surface area contributed by atoms with E-state index in [0.29, 0.717) is 17.3 Å². The van der Waals surface area contributed by atoms with Gasteiger partial charge in [-0.3, -0.25) is 5.10 Å². The lowest BCUT2D eigenvalue weighted by molar-refractivity contribution is 0.260. The number of nitrogens with zero attached hydrogens (tertiary/aromatic N) is 1. The van der Waals surface area contributed by atoms with Crippen molar-refractivity contribution < 1.29 is 8.42 Å². The van der Waals surface area contributed by atoms with Crippen molar-refractivity contribution in [2.45, 2.75) is 50.6 Å². The second-order valence-electron chi connectivity index (χ2n) is 4.93. The first-order valence-electron chi connectivity index (χ1n) is 6.22. The van der Waals surface area contributed by atoms with Gasteiger partial charge in [0.1, 0.15) is 4.90 Å². The van der Waals surface area contributed by atoms with E-state index in [1.54, 1.807) is 6.92 Å². The summed E-state index contributed by atoms with van der Waals surface area (Å²) in [5.74, 6) is 0.452. The highest BCUT2D eigenvalue weighted by Crippen LogP contribution is 2.30. The number of aromatic nitrogens is 2. The third-order valence-electron chi connectivity index (χ3n) is 3.62. The molecular weight excluding hydrogens is 252 g/mol. The lowest BCUT2D eigenvalue weighted by Crippen LogP contribution is -2.41. The molecule has 1 aliphatic rings. The zero-order valence-electron chi connectivity index (χ0n) is 10.7. The molecule has 0 radical (unpaired) electrons. The number of hydrogen-bond donors (Lipinski definition) is 3. The summed E-state index contributed by atoms with van der Waals surface area (Å²) in [6, 6.07) is -0.0383. The standard InChI is InChI=1S/C11H20N4O2S/c1-7(9-4-3-5-9)15-18(16,17)11-8(2)13-14-10(11)6-12/h7,9,15H,3-6,12H2,1-2H3,(H,13,14). The molecule has 6 nitrogen and oxygen atoms in total. The van der Waals surface area contributed by atoms with E-state index in [0.717, 1.165) is 12.8 Å². The van der Waals surface area contributed by atoms with Gasteiger partial charge >= 0.3 is 0 Å². The first-order chi connectivity index (χ1) is 8.45. The summed E-state index contributed by atoms with van der Waals surface area (Å²) in [6.45, 7) is 3.71. The Balaban J connectivity index is 2.21. The minimum absolute atomic E-state index is 0.0383. The van der Waals surface area contributed by atoms with Gasteiger partial charge in [0, 0.05) is 12.6 Å². The fourth-order valence-electron chi connectivity index (χ4n) is 2.30. The molecule has 2 rings (SSSR count). The van der Waals surface area contributed by atoms with Crippen LogP contribution in [-0.2, 0) is 16.6 Å². The third-order valence-corrected chi connectivity index (χ3v) is 5.38. The van der Waals surface area contributed by atoms with Crippen LogP contribution in [0.15, 0.2) is 4.90 Å². The van der Waals surface area contributed by atoms with Gasteiger partial charge < -0.3 is 5.73 Å². The molecule has 1 aromatic rings. The summed E-state index contributed by atoms with van der Waals surface area (Å²) in [4.78, 5) is 0.205. The van der Waals surface area contributed by atoms with Crippen molar-refractivity contribution in [2.24, 2.45) is 11.7 Å². The Kier molecular flexibility index (Phi) is 3.74. The van der Waals surface area contributed by atoms with E-state index in [4.69, 9.17) is 5.73 Å². The first-order valence-corrected chi connectivity index (χ1v) is 7.70. The molecule has 1 atom stereocenters. The predicted octanol–water partition coefficient (Wildman–Crippen LogP) is 0.644. The zero-order chi connectivity index (χ0) is 13.3. The predicted molar refractivity (Wildman–Crippen MR) is 68.3 cm³/mol. The molecule has 0 aromatic carbocycles. The fraction of sp³-hybridized carbons (Fsp3) is 0.727. The summed E-state index contributed by atoms with van der Waals surface area (Å²) >= 11 is 0. The Labute approximate surface area is 107 Å². The van der Waals surface area contributed by atoms with Gasteiger partial charge in [0.25, 0.3) is 0 Å². The van der Waals surface area contributed by atoms with Gasteiger partial charge in [-0.1, -0.05) is 6.42 Å². The van der Waals surface area contributed by atoms with Crippen molar-refractivity contribution >= 4 is 10.0 Å². The normalized spacial score (nSPS) is 18.6. The van der Waals surface area contributed by atoms with Gasteiger partial charge in [-0.05, 0) is 32.6 Å². The van der Waals surface area contributed by atoms with Crippen molar-refractivity contribution in [1.82, 2.24) is 14.9 Å². The van der Waals surface area contributed by atoms with Crippen LogP contribution < -0.4 is 10.5 Å². The van der Waals surface area contributed by atoms with Crippen molar-refractivity contribution in [3.05, 3.63) is 11.4 Å². The largest absolute Gasteiger partial charge is 0.325 e. The molecule has 1 saturated carbocycles. The lowest BCUT2D eigenvalue weighted by atomic mass is 9.81. The van der Waals surface area contributed by atoms with Gasteiger partial charge in [-0.2, -0.15) is 5.10 Å². The number of nitrogens with one attached hydrogen (secondary N) is 2. The molecule has 0 saturated heterocycles. The number of rotatable bonds is 5. The molecule has 0 bridgehead atoms. The molecule has 4 N–H and O–H groups in total. The molecule has 1 heterocycles. The van der Waals surface area contributed by atoms with Gasteiger partial charge in [0.15, 0.2) is 0 Å². The molecular formula is C11H20N4O2S. The molecule has 0 spiro atoms. The Morgan fingerprint density at radius 2 is 2.22 bits per heavy atom. The van der Waals surface area contributed by atoms with E-state index < -0.39 is 10.0 Å². The van der Waals surface area contributed by atoms with Crippen LogP contribution in [0.2, 0.25) is 0 Å². The van der Waals surface area contributed by atoms with Crippen LogP contribution in [0, 0.1) is 12.8 Å². The summed E-state index contributed by atoms with van der Waals surface area (Å²) in [7, 11) is -3.53. The van der Waals surface area contributed by atoms with Gasteiger partial charge in [-0.25, -0.2) is 13.1 Å². The highest BCUT2D eigenvalue weighted by atomic mass is 32.2. The molecule has 1 fully saturated rings. The highest BCUT2D eigenvalue weighted by molar-refractivity contribution is 7.89. The number of sulfonamides is 1. The van der Waals surface area contributed by atoms with Crippen molar-refractivity contribution in [3.63, 3.8) is 0 Å². The van der Waals surface area contributed by atoms with E-state index >= 15 is 0 Å². The molecule has 7 heteroatoms. The number of hydrogen-bond acceptors (Lipinski definition) is 4. The smallest absolute Gasteiger partial charge is 0.244 e. The van der Waals surface area contributed by atoms with E-state index in [9.17, 15) is 8.42 Å². The molecule has 1 aliphatic carbocycles. The quantitative estimate of drug-likeness (QED) is 0.732. The lowest BCUT2D eigenvalue weighted by Gasteiger charge is -2.31. The maximum absolute atomic E-state index is 12.3. The topological polar surface area (TPSA) is 101 Å². The minimum Gasteiger partial charge on any atom is -0.325 e. The van der Waals surface area contributed by atoms with Crippen molar-refractivity contribution in [3.8, 4) is 0 Å². The summed E-state index contributed by atoms with van der Waals surface area (Å²) in [6.07, 6.45) is 3.38. The van der Waals surface area contributed by atoms with Crippen LogP contribution in [0.25, 0.3) is 0 Å². The Morgan fingerprint density at radius 3 is 2.72 bits per heavy atom. The van der Waals surface area contributed by atoms with Crippen molar-refractivity contribution in [1.29, 1.82) is 0 Å². The monoisotopic (exact) mass is 272 g/mol. The van der Waals surface area contributed by atoms with Gasteiger partial charge in [-0.15, -0.1) is 0 Å². The van der Waals surface area contributed by atoms with E-state index in [1.165, 1.54) is 6.42 Å². The summed E-state index contributed by atoms with van der Waals surface area (Å²) < 4.78 is 27.4. The van der Waals surface area contributed by atoms with Crippen LogP contribution in [-0.4, -0.2) is 24.7 Å². The average Bonchev–Trinajstić information content (AvgIpc) is 2.56. The molecule has 0 amide bonds. The molecule has 1 unspecified atom stereocenters. The minimum atomic E-state index is -3.53. The SMILES string of the molecule is Cc1[nH]nc(CN)c1S(=O)(=O)NC(C)C1CCC1. The van der Waals surface area contributed by atoms with Crippen LogP contribution >= 0.6 is 0 Å². The van der Waals surface area contributed by atoms with E-state index in [1.807, 2.05) is 6.92 Å². The third kappa shape index (κ3) is 2.43. The summed E-state index contributed by atoms with van der Waals surface area (Å²) in [5.41, 5.74) is 6.43. The second kappa shape index (κ2) is 4.99. The maximum atomic E-state index is 12.3. The number of nitrogens with two attached hydrogens (primary N) is 1. The second-order valence-corrected chi connectivity index (χ2v) is 6.58. The van der Waals surface area contributed by atoms with Gasteiger partial charge in [0.05, 0.1) is 11.4 Å². The summed E-state index contributed by atoms with van der Waals surface area (Å²) in [5, 5.41) is 6.59. The first kappa shape index (κ1) is 13.5. The number of aryl methyl sites for hydroxylation is 1. The number of H-pyrrole nitrogens is 1. The Hall–Kier alpha value is -0.920. The van der Waals surface area contributed by atoms with Crippen LogP contribution in [0.4, 0.5) is 0 Å². The molecule has 1 aromatic heterocycles. The Morgan fingerprint density at radius 1 is 1.56 bits per heavy atom. The van der Waals surface area contributed by atoms with Crippen LogP contribution in [0.3, 0.4) is 0 Å². The molecule has 102 valence electrons. The number of aromatic amines is 1. The van der Waals surface area contributed by atoms with Gasteiger partial charge in [0.2, 0.25) is 10.0 Å². The van der Waals surface area contributed by atoms with Crippen molar-refractivity contribution in [2.75, 3.05) is 0 Å². The maximum Gasteiger partial charge on any atom is 0.244 e. The van der Waals surface area contributed by atoms with Crippen LogP contribution in [0.5, 0.6) is 0 Å². The highest BCUT2D eigenvalue weighted by Gasteiger charge is 2.30. The molecule has 0 aliphatic heterocycles. The van der Waals surface area contributed by atoms with Crippen LogP contribution in [0.1, 0.15) is 37.6 Å². The fourth-order valence-corrected chi connectivity index (χ4v) is 3.99.